The number of anilines is 1. The van der Waals surface area contributed by atoms with Crippen LogP contribution in [-0.2, 0) is 27.6 Å². The van der Waals surface area contributed by atoms with Gasteiger partial charge in [0.2, 0.25) is 5.91 Å². The molecule has 0 saturated carbocycles. The molecular formula is C20H25ClN3O4S2-. The summed E-state index contributed by atoms with van der Waals surface area (Å²) in [6.07, 6.45) is 0.497. The summed E-state index contributed by atoms with van der Waals surface area (Å²) in [5, 5.41) is 3.13. The first-order valence-electron chi connectivity index (χ1n) is 9.45. The number of thiophene rings is 1. The highest BCUT2D eigenvalue weighted by Gasteiger charge is 2.28. The summed E-state index contributed by atoms with van der Waals surface area (Å²) in [7, 11) is -3.55. The number of carbonyl (C=O) groups is 2. The number of hydrogen-bond donors (Lipinski definition) is 2. The van der Waals surface area contributed by atoms with Crippen LogP contribution in [0.3, 0.4) is 0 Å². The van der Waals surface area contributed by atoms with Gasteiger partial charge in [-0.1, -0.05) is 18.2 Å². The zero-order chi connectivity index (χ0) is 21.2. The molecule has 0 radical (unpaired) electrons. The van der Waals surface area contributed by atoms with Gasteiger partial charge in [-0.05, 0) is 38.0 Å². The second kappa shape index (κ2) is 9.91. The summed E-state index contributed by atoms with van der Waals surface area (Å²) in [6.45, 7) is 5.76. The summed E-state index contributed by atoms with van der Waals surface area (Å²) < 4.78 is 24.7. The van der Waals surface area contributed by atoms with Crippen molar-refractivity contribution in [3.8, 4) is 0 Å². The van der Waals surface area contributed by atoms with Gasteiger partial charge in [-0.15, -0.1) is 11.3 Å². The molecule has 3 N–H and O–H groups in total. The van der Waals surface area contributed by atoms with Gasteiger partial charge >= 0.3 is 0 Å². The number of nitrogens with zero attached hydrogens (tertiary/aromatic N) is 1. The zero-order valence-electron chi connectivity index (χ0n) is 16.9. The Kier molecular flexibility index (Phi) is 8.04. The number of halogens is 1. The molecule has 1 aromatic heterocycles. The van der Waals surface area contributed by atoms with Crippen LogP contribution < -0.4 is 23.5 Å². The first-order valence-corrected chi connectivity index (χ1v) is 11.9. The molecule has 0 aliphatic carbocycles. The predicted octanol–water partition coefficient (Wildman–Crippen LogP) is -0.580. The van der Waals surface area contributed by atoms with E-state index in [9.17, 15) is 18.0 Å². The van der Waals surface area contributed by atoms with E-state index in [1.165, 1.54) is 23.5 Å². The molecular weight excluding hydrogens is 446 g/mol. The van der Waals surface area contributed by atoms with Gasteiger partial charge in [-0.3, -0.25) is 14.5 Å². The number of carbonyl (C=O) groups excluding carboxylic acids is 2. The Hall–Kier alpha value is -1.94. The molecule has 1 aromatic carbocycles. The van der Waals surface area contributed by atoms with Crippen LogP contribution in [0.25, 0.3) is 0 Å². The molecule has 10 heteroatoms. The molecule has 30 heavy (non-hydrogen) atoms. The fourth-order valence-corrected chi connectivity index (χ4v) is 5.93. The second-order valence-corrected chi connectivity index (χ2v) is 10.5. The molecule has 0 atom stereocenters. The average Bonchev–Trinajstić information content (AvgIpc) is 3.04. The monoisotopic (exact) mass is 470 g/mol. The van der Waals surface area contributed by atoms with Crippen molar-refractivity contribution < 1.29 is 30.4 Å². The Morgan fingerprint density at radius 2 is 1.90 bits per heavy atom. The Morgan fingerprint density at radius 1 is 1.23 bits per heavy atom. The van der Waals surface area contributed by atoms with Gasteiger partial charge in [0.1, 0.15) is 5.00 Å². The molecule has 2 amide bonds. The van der Waals surface area contributed by atoms with Gasteiger partial charge in [0.05, 0.1) is 16.2 Å². The van der Waals surface area contributed by atoms with Crippen molar-refractivity contribution in [3.63, 3.8) is 0 Å². The Bertz CT molecular complexity index is 1020. The SMILES string of the molecule is CC(C)N1CCc2c(sc(NC(=O)CCS(=O)(=O)c3ccccc3)c2C(N)=O)C1.[Cl-]. The van der Waals surface area contributed by atoms with E-state index in [1.54, 1.807) is 18.2 Å². The minimum Gasteiger partial charge on any atom is -1.00 e. The Balaban J connectivity index is 0.00000320. The third-order valence-corrected chi connectivity index (χ3v) is 7.88. The second-order valence-electron chi connectivity index (χ2n) is 7.32. The normalized spacial score (nSPS) is 14.1. The lowest BCUT2D eigenvalue weighted by molar-refractivity contribution is -0.115. The number of rotatable bonds is 7. The third kappa shape index (κ3) is 5.40. The van der Waals surface area contributed by atoms with Gasteiger partial charge in [-0.2, -0.15) is 0 Å². The minimum absolute atomic E-state index is 0. The summed E-state index contributed by atoms with van der Waals surface area (Å²) >= 11 is 1.35. The molecule has 2 aromatic rings. The molecule has 3 rings (SSSR count). The number of sulfone groups is 1. The number of fused-ring (bicyclic) bond motifs is 1. The van der Waals surface area contributed by atoms with Gasteiger partial charge in [0.15, 0.2) is 9.84 Å². The molecule has 0 bridgehead atoms. The third-order valence-electron chi connectivity index (χ3n) is 5.02. The minimum atomic E-state index is -3.55. The topological polar surface area (TPSA) is 110 Å². The number of hydrogen-bond acceptors (Lipinski definition) is 6. The highest BCUT2D eigenvalue weighted by molar-refractivity contribution is 7.91. The largest absolute Gasteiger partial charge is 1.00 e. The number of nitrogens with two attached hydrogens (primary N) is 1. The maximum atomic E-state index is 12.4. The van der Waals surface area contributed by atoms with Crippen molar-refractivity contribution >= 4 is 38.0 Å². The summed E-state index contributed by atoms with van der Waals surface area (Å²) in [5.74, 6) is -1.33. The van der Waals surface area contributed by atoms with E-state index in [2.05, 4.69) is 24.1 Å². The van der Waals surface area contributed by atoms with Crippen molar-refractivity contribution in [1.82, 2.24) is 4.90 Å². The summed E-state index contributed by atoms with van der Waals surface area (Å²) in [6, 6.07) is 8.41. The van der Waals surface area contributed by atoms with Crippen molar-refractivity contribution in [2.75, 3.05) is 17.6 Å². The van der Waals surface area contributed by atoms with Gasteiger partial charge in [0, 0.05) is 30.4 Å². The predicted molar refractivity (Wildman–Crippen MR) is 114 cm³/mol. The summed E-state index contributed by atoms with van der Waals surface area (Å²) in [5.41, 5.74) is 6.83. The molecule has 7 nitrogen and oxygen atoms in total. The van der Waals surface area contributed by atoms with E-state index in [0.29, 0.717) is 29.6 Å². The number of nitrogens with one attached hydrogen (secondary N) is 1. The zero-order valence-corrected chi connectivity index (χ0v) is 19.2. The van der Waals surface area contributed by atoms with Gasteiger partial charge < -0.3 is 23.5 Å². The molecule has 0 spiro atoms. The standard InChI is InChI=1S/C20H25N3O4S2.ClH/c1-13(2)23-10-8-15-16(12-23)28-20(18(15)19(21)25)22-17(24)9-11-29(26,27)14-6-4-3-5-7-14;/h3-7,13H,8-12H2,1-2H3,(H2,21,25)(H,22,24);1H/p-1. The van der Waals surface area contributed by atoms with Crippen LogP contribution in [0, 0.1) is 0 Å². The maximum Gasteiger partial charge on any atom is 0.251 e. The summed E-state index contributed by atoms with van der Waals surface area (Å²) in [4.78, 5) is 27.9. The molecule has 0 saturated heterocycles. The van der Waals surface area contributed by atoms with Gasteiger partial charge in [0.25, 0.3) is 5.91 Å². The molecule has 1 aliphatic rings. The van der Waals surface area contributed by atoms with Crippen LogP contribution >= 0.6 is 11.3 Å². The lowest BCUT2D eigenvalue weighted by atomic mass is 10.0. The molecule has 0 fully saturated rings. The van der Waals surface area contributed by atoms with E-state index >= 15 is 0 Å². The smallest absolute Gasteiger partial charge is 0.251 e. The van der Waals surface area contributed by atoms with E-state index < -0.39 is 21.7 Å². The molecule has 164 valence electrons. The molecule has 1 aliphatic heterocycles. The Morgan fingerprint density at radius 3 is 2.50 bits per heavy atom. The average molecular weight is 471 g/mol. The number of benzene rings is 1. The van der Waals surface area contributed by atoms with E-state index in [1.807, 2.05) is 0 Å². The van der Waals surface area contributed by atoms with E-state index in [4.69, 9.17) is 5.73 Å². The van der Waals surface area contributed by atoms with Crippen molar-refractivity contribution in [3.05, 3.63) is 46.3 Å². The fraction of sp³-hybridized carbons (Fsp3) is 0.400. The van der Waals surface area contributed by atoms with Crippen LogP contribution in [0.2, 0.25) is 0 Å². The van der Waals surface area contributed by atoms with E-state index in [-0.39, 0.29) is 29.5 Å². The fourth-order valence-electron chi connectivity index (χ4n) is 3.37. The van der Waals surface area contributed by atoms with Crippen molar-refractivity contribution in [2.24, 2.45) is 5.73 Å². The molecule has 2 heterocycles. The van der Waals surface area contributed by atoms with E-state index in [0.717, 1.165) is 17.0 Å². The lowest BCUT2D eigenvalue weighted by Crippen LogP contribution is -3.00. The molecule has 0 unspecified atom stereocenters. The van der Waals surface area contributed by atoms with Gasteiger partial charge in [-0.25, -0.2) is 8.42 Å². The van der Waals surface area contributed by atoms with Crippen LogP contribution in [0.1, 0.15) is 41.1 Å². The highest BCUT2D eigenvalue weighted by Crippen LogP contribution is 2.37. The van der Waals surface area contributed by atoms with Crippen LogP contribution in [0.4, 0.5) is 5.00 Å². The van der Waals surface area contributed by atoms with Crippen LogP contribution in [0.5, 0.6) is 0 Å². The van der Waals surface area contributed by atoms with Crippen LogP contribution in [0.15, 0.2) is 35.2 Å². The van der Waals surface area contributed by atoms with Crippen molar-refractivity contribution in [1.29, 1.82) is 0 Å². The first kappa shape index (κ1) is 24.3. The lowest BCUT2D eigenvalue weighted by Gasteiger charge is -2.30. The Labute approximate surface area is 187 Å². The first-order chi connectivity index (χ1) is 13.7. The highest BCUT2D eigenvalue weighted by atomic mass is 35.5. The quantitative estimate of drug-likeness (QED) is 0.562. The number of primary amides is 1. The van der Waals surface area contributed by atoms with Crippen molar-refractivity contribution in [2.45, 2.75) is 44.2 Å². The maximum absolute atomic E-state index is 12.4. The van der Waals surface area contributed by atoms with Crippen LogP contribution in [-0.4, -0.2) is 43.5 Å². The number of amides is 2.